The maximum atomic E-state index is 12.1. The van der Waals surface area contributed by atoms with Gasteiger partial charge in [0.1, 0.15) is 5.75 Å². The van der Waals surface area contributed by atoms with Crippen molar-refractivity contribution in [1.29, 1.82) is 0 Å². The van der Waals surface area contributed by atoms with Gasteiger partial charge in [-0.1, -0.05) is 35.9 Å². The average molecular weight is 455 g/mol. The number of hydrogen-bond acceptors (Lipinski definition) is 5. The fourth-order valence-corrected chi connectivity index (χ4v) is 2.89. The fraction of sp³-hybridized carbons (Fsp3) is 0.217. The first-order valence-electron chi connectivity index (χ1n) is 9.86. The molecule has 0 heterocycles. The van der Waals surface area contributed by atoms with E-state index >= 15 is 0 Å². The predicted molar refractivity (Wildman–Crippen MR) is 128 cm³/mol. The molecule has 8 nitrogen and oxygen atoms in total. The number of carbonyl (C=O) groups is 3. The molecule has 32 heavy (non-hydrogen) atoms. The molecular formula is C23H26N4O4S. The third kappa shape index (κ3) is 8.19. The second kappa shape index (κ2) is 12.2. The molecule has 0 aliphatic rings. The van der Waals surface area contributed by atoms with Crippen LogP contribution in [0.1, 0.15) is 29.5 Å². The summed E-state index contributed by atoms with van der Waals surface area (Å²) in [6.07, 6.45) is 2.84. The van der Waals surface area contributed by atoms with Gasteiger partial charge in [-0.05, 0) is 49.8 Å². The molecular weight excluding hydrogens is 428 g/mol. The predicted octanol–water partition coefficient (Wildman–Crippen LogP) is 2.77. The first-order chi connectivity index (χ1) is 15.3. The lowest BCUT2D eigenvalue weighted by atomic mass is 10.1. The summed E-state index contributed by atoms with van der Waals surface area (Å²) in [6.45, 7) is 3.87. The summed E-state index contributed by atoms with van der Waals surface area (Å²) in [5.41, 5.74) is 8.28. The third-order valence-corrected chi connectivity index (χ3v) is 4.54. The Bertz CT molecular complexity index is 1040. The molecule has 0 saturated carbocycles. The van der Waals surface area contributed by atoms with Crippen molar-refractivity contribution < 1.29 is 19.1 Å². The fourth-order valence-electron chi connectivity index (χ4n) is 2.74. The van der Waals surface area contributed by atoms with Crippen LogP contribution in [0.25, 0.3) is 6.08 Å². The van der Waals surface area contributed by atoms with Crippen molar-refractivity contribution in [3.63, 3.8) is 0 Å². The number of nitrogens with one attached hydrogen (secondary N) is 4. The summed E-state index contributed by atoms with van der Waals surface area (Å²) >= 11 is 4.98. The SMILES string of the molecule is COc1ccccc1C=CC(=O)NC(=S)NNC(=O)CCC(=O)Nc1ccc(C)cc1C. The highest BCUT2D eigenvalue weighted by molar-refractivity contribution is 7.80. The molecule has 0 aromatic heterocycles. The minimum Gasteiger partial charge on any atom is -0.496 e. The van der Waals surface area contributed by atoms with Gasteiger partial charge in [0, 0.05) is 30.2 Å². The number of para-hydroxylation sites is 1. The number of aryl methyl sites for hydroxylation is 2. The smallest absolute Gasteiger partial charge is 0.250 e. The summed E-state index contributed by atoms with van der Waals surface area (Å²) in [6, 6.07) is 12.9. The van der Waals surface area contributed by atoms with Crippen LogP contribution in [0.3, 0.4) is 0 Å². The second-order valence-electron chi connectivity index (χ2n) is 6.93. The van der Waals surface area contributed by atoms with Crippen LogP contribution in [0.2, 0.25) is 0 Å². The van der Waals surface area contributed by atoms with Crippen LogP contribution in [0.15, 0.2) is 48.5 Å². The highest BCUT2D eigenvalue weighted by atomic mass is 32.1. The molecule has 0 aliphatic carbocycles. The summed E-state index contributed by atoms with van der Waals surface area (Å²) < 4.78 is 5.21. The molecule has 9 heteroatoms. The Balaban J connectivity index is 1.70. The minimum atomic E-state index is -0.476. The highest BCUT2D eigenvalue weighted by Crippen LogP contribution is 2.18. The monoisotopic (exact) mass is 454 g/mol. The Kier molecular flexibility index (Phi) is 9.37. The normalized spacial score (nSPS) is 10.3. The van der Waals surface area contributed by atoms with E-state index < -0.39 is 11.8 Å². The van der Waals surface area contributed by atoms with Gasteiger partial charge in [-0.25, -0.2) is 0 Å². The van der Waals surface area contributed by atoms with E-state index in [0.29, 0.717) is 11.4 Å². The molecule has 0 aliphatic heterocycles. The van der Waals surface area contributed by atoms with Crippen LogP contribution in [-0.2, 0) is 14.4 Å². The van der Waals surface area contributed by atoms with E-state index in [9.17, 15) is 14.4 Å². The van der Waals surface area contributed by atoms with Gasteiger partial charge in [-0.2, -0.15) is 0 Å². The summed E-state index contributed by atoms with van der Waals surface area (Å²) in [7, 11) is 1.54. The van der Waals surface area contributed by atoms with Crippen molar-refractivity contribution in [3.8, 4) is 5.75 Å². The molecule has 0 saturated heterocycles. The number of hydrogen-bond donors (Lipinski definition) is 4. The van der Waals surface area contributed by atoms with Crippen molar-refractivity contribution in [3.05, 3.63) is 65.2 Å². The van der Waals surface area contributed by atoms with Crippen molar-refractivity contribution in [2.24, 2.45) is 0 Å². The Morgan fingerprint density at radius 3 is 2.44 bits per heavy atom. The zero-order chi connectivity index (χ0) is 23.5. The number of hydrazine groups is 1. The van der Waals surface area contributed by atoms with Crippen LogP contribution < -0.4 is 26.2 Å². The zero-order valence-corrected chi connectivity index (χ0v) is 19.0. The standard InChI is InChI=1S/C23H26N4O4S/c1-15-8-10-18(16(2)14-15)24-20(28)12-13-22(30)26-27-23(32)25-21(29)11-9-17-6-4-5-7-19(17)31-3/h4-11,14H,12-13H2,1-3H3,(H,24,28)(H,26,30)(H2,25,27,29,32). The molecule has 2 rings (SSSR count). The average Bonchev–Trinajstić information content (AvgIpc) is 2.77. The molecule has 2 aromatic carbocycles. The quantitative estimate of drug-likeness (QED) is 0.291. The maximum absolute atomic E-state index is 12.1. The molecule has 0 radical (unpaired) electrons. The first-order valence-corrected chi connectivity index (χ1v) is 10.3. The molecule has 4 N–H and O–H groups in total. The number of carbonyl (C=O) groups excluding carboxylic acids is 3. The number of anilines is 1. The van der Waals surface area contributed by atoms with Crippen LogP contribution in [0, 0.1) is 13.8 Å². The van der Waals surface area contributed by atoms with E-state index in [-0.39, 0.29) is 23.9 Å². The number of amides is 3. The Hall–Kier alpha value is -3.72. The van der Waals surface area contributed by atoms with Gasteiger partial charge in [-0.3, -0.25) is 30.6 Å². The van der Waals surface area contributed by atoms with Gasteiger partial charge in [0.05, 0.1) is 7.11 Å². The Morgan fingerprint density at radius 1 is 1.00 bits per heavy atom. The molecule has 2 aromatic rings. The zero-order valence-electron chi connectivity index (χ0n) is 18.2. The van der Waals surface area contributed by atoms with Gasteiger partial charge in [0.2, 0.25) is 17.7 Å². The maximum Gasteiger partial charge on any atom is 0.250 e. The molecule has 0 atom stereocenters. The minimum absolute atomic E-state index is 0.00158. The van der Waals surface area contributed by atoms with Gasteiger partial charge >= 0.3 is 0 Å². The van der Waals surface area contributed by atoms with E-state index in [4.69, 9.17) is 17.0 Å². The number of ether oxygens (including phenoxy) is 1. The Labute approximate surface area is 192 Å². The van der Waals surface area contributed by atoms with Gasteiger partial charge in [0.15, 0.2) is 5.11 Å². The van der Waals surface area contributed by atoms with Crippen LogP contribution in [0.5, 0.6) is 5.75 Å². The molecule has 0 spiro atoms. The Morgan fingerprint density at radius 2 is 1.72 bits per heavy atom. The molecule has 0 unspecified atom stereocenters. The van der Waals surface area contributed by atoms with Gasteiger partial charge in [0.25, 0.3) is 0 Å². The molecule has 0 fully saturated rings. The first kappa shape index (κ1) is 24.5. The summed E-state index contributed by atoms with van der Waals surface area (Å²) in [5, 5.41) is 5.12. The van der Waals surface area contributed by atoms with Crippen molar-refractivity contribution in [1.82, 2.24) is 16.2 Å². The molecule has 0 bridgehead atoms. The van der Waals surface area contributed by atoms with Gasteiger partial charge in [-0.15, -0.1) is 0 Å². The summed E-state index contributed by atoms with van der Waals surface area (Å²) in [5.74, 6) is -0.562. The van der Waals surface area contributed by atoms with Crippen molar-refractivity contribution in [2.75, 3.05) is 12.4 Å². The van der Waals surface area contributed by atoms with Crippen LogP contribution in [0.4, 0.5) is 5.69 Å². The van der Waals surface area contributed by atoms with E-state index in [1.54, 1.807) is 25.3 Å². The summed E-state index contributed by atoms with van der Waals surface area (Å²) in [4.78, 5) is 36.0. The van der Waals surface area contributed by atoms with E-state index in [1.165, 1.54) is 6.08 Å². The number of rotatable bonds is 7. The number of methoxy groups -OCH3 is 1. The van der Waals surface area contributed by atoms with E-state index in [2.05, 4.69) is 21.5 Å². The van der Waals surface area contributed by atoms with Crippen LogP contribution in [-0.4, -0.2) is 29.9 Å². The number of thiocarbonyl (C=S) groups is 1. The van der Waals surface area contributed by atoms with Crippen LogP contribution >= 0.6 is 12.2 Å². The lowest BCUT2D eigenvalue weighted by Crippen LogP contribution is -2.48. The molecule has 3 amide bonds. The number of benzene rings is 2. The topological polar surface area (TPSA) is 109 Å². The van der Waals surface area contributed by atoms with E-state index in [0.717, 1.165) is 16.7 Å². The lowest BCUT2D eigenvalue weighted by Gasteiger charge is -2.11. The van der Waals surface area contributed by atoms with E-state index in [1.807, 2.05) is 44.2 Å². The highest BCUT2D eigenvalue weighted by Gasteiger charge is 2.09. The lowest BCUT2D eigenvalue weighted by molar-refractivity contribution is -0.124. The van der Waals surface area contributed by atoms with Gasteiger partial charge < -0.3 is 10.1 Å². The third-order valence-electron chi connectivity index (χ3n) is 4.34. The molecule has 168 valence electrons. The second-order valence-corrected chi connectivity index (χ2v) is 7.34. The van der Waals surface area contributed by atoms with Crippen molar-refractivity contribution >= 4 is 46.8 Å². The van der Waals surface area contributed by atoms with Crippen molar-refractivity contribution in [2.45, 2.75) is 26.7 Å². The largest absolute Gasteiger partial charge is 0.496 e.